The lowest BCUT2D eigenvalue weighted by Crippen LogP contribution is -2.00. The topological polar surface area (TPSA) is 37.8 Å². The van der Waals surface area contributed by atoms with E-state index >= 15 is 0 Å². The number of anilines is 1. The van der Waals surface area contributed by atoms with Crippen LogP contribution in [0.3, 0.4) is 0 Å². The van der Waals surface area contributed by atoms with Gasteiger partial charge >= 0.3 is 0 Å². The van der Waals surface area contributed by atoms with E-state index < -0.39 is 0 Å². The molecule has 0 radical (unpaired) electrons. The Labute approximate surface area is 113 Å². The normalized spacial score (nSPS) is 14.8. The molecule has 1 fully saturated rings. The van der Waals surface area contributed by atoms with Crippen molar-refractivity contribution in [3.63, 3.8) is 0 Å². The van der Waals surface area contributed by atoms with E-state index in [9.17, 15) is 4.39 Å². The van der Waals surface area contributed by atoms with Gasteiger partial charge in [0.2, 0.25) is 5.13 Å². The number of nitrogens with one attached hydrogen (secondary N) is 1. The molecule has 2 aromatic rings. The second-order valence-corrected chi connectivity index (χ2v) is 5.51. The van der Waals surface area contributed by atoms with E-state index in [1.807, 2.05) is 0 Å². The third-order valence-electron chi connectivity index (χ3n) is 2.74. The van der Waals surface area contributed by atoms with Crippen molar-refractivity contribution in [3.05, 3.63) is 40.4 Å². The number of rotatable bonds is 4. The lowest BCUT2D eigenvalue weighted by molar-refractivity contribution is 0.627. The highest BCUT2D eigenvalue weighted by atomic mass is 35.5. The van der Waals surface area contributed by atoms with Crippen LogP contribution in [0.2, 0.25) is 5.02 Å². The van der Waals surface area contributed by atoms with Gasteiger partial charge in [0.25, 0.3) is 0 Å². The number of aromatic nitrogens is 2. The fourth-order valence-corrected chi connectivity index (χ4v) is 2.52. The van der Waals surface area contributed by atoms with Gasteiger partial charge in [-0.25, -0.2) is 9.37 Å². The Morgan fingerprint density at radius 2 is 2.28 bits per heavy atom. The molecule has 0 atom stereocenters. The van der Waals surface area contributed by atoms with Crippen molar-refractivity contribution in [1.82, 2.24) is 9.36 Å². The van der Waals surface area contributed by atoms with Gasteiger partial charge in [0.1, 0.15) is 11.6 Å². The summed E-state index contributed by atoms with van der Waals surface area (Å²) < 4.78 is 17.2. The first-order valence-electron chi connectivity index (χ1n) is 5.74. The SMILES string of the molecule is Fc1ccc(Cc2nsc(NC3CC3)n2)c(Cl)c1. The molecule has 0 bridgehead atoms. The smallest absolute Gasteiger partial charge is 0.202 e. The van der Waals surface area contributed by atoms with Crippen molar-refractivity contribution in [2.24, 2.45) is 0 Å². The monoisotopic (exact) mass is 283 g/mol. The Kier molecular flexibility index (Phi) is 3.18. The van der Waals surface area contributed by atoms with E-state index in [0.29, 0.717) is 17.5 Å². The van der Waals surface area contributed by atoms with Crippen LogP contribution < -0.4 is 5.32 Å². The first-order valence-corrected chi connectivity index (χ1v) is 6.89. The molecule has 1 heterocycles. The zero-order valence-corrected chi connectivity index (χ0v) is 11.1. The van der Waals surface area contributed by atoms with Crippen LogP contribution >= 0.6 is 23.1 Å². The van der Waals surface area contributed by atoms with Gasteiger partial charge in [0, 0.05) is 29.0 Å². The fraction of sp³-hybridized carbons (Fsp3) is 0.333. The highest BCUT2D eigenvalue weighted by Gasteiger charge is 2.22. The van der Waals surface area contributed by atoms with Crippen LogP contribution in [0.5, 0.6) is 0 Å². The Hall–Kier alpha value is -1.20. The Bertz CT molecular complexity index is 568. The largest absolute Gasteiger partial charge is 0.358 e. The lowest BCUT2D eigenvalue weighted by Gasteiger charge is -2.01. The molecule has 0 aliphatic heterocycles. The minimum Gasteiger partial charge on any atom is -0.358 e. The predicted octanol–water partition coefficient (Wildman–Crippen LogP) is 3.50. The molecule has 6 heteroatoms. The molecule has 0 unspecified atom stereocenters. The summed E-state index contributed by atoms with van der Waals surface area (Å²) in [7, 11) is 0. The Balaban J connectivity index is 1.72. The van der Waals surface area contributed by atoms with E-state index in [4.69, 9.17) is 11.6 Å². The number of halogens is 2. The average molecular weight is 284 g/mol. The molecule has 0 saturated heterocycles. The molecule has 3 nitrogen and oxygen atoms in total. The quantitative estimate of drug-likeness (QED) is 0.933. The van der Waals surface area contributed by atoms with Crippen molar-refractivity contribution >= 4 is 28.3 Å². The van der Waals surface area contributed by atoms with Crippen molar-refractivity contribution in [2.75, 3.05) is 5.32 Å². The van der Waals surface area contributed by atoms with Gasteiger partial charge in [0.15, 0.2) is 0 Å². The Morgan fingerprint density at radius 1 is 1.44 bits per heavy atom. The maximum atomic E-state index is 12.9. The van der Waals surface area contributed by atoms with E-state index in [-0.39, 0.29) is 5.82 Å². The summed E-state index contributed by atoms with van der Waals surface area (Å²) in [5.74, 6) is 0.391. The van der Waals surface area contributed by atoms with Gasteiger partial charge in [-0.15, -0.1) is 0 Å². The second-order valence-electron chi connectivity index (χ2n) is 4.35. The van der Waals surface area contributed by atoms with Crippen LogP contribution in [0.25, 0.3) is 0 Å². The molecule has 1 N–H and O–H groups in total. The van der Waals surface area contributed by atoms with Crippen LogP contribution in [-0.4, -0.2) is 15.4 Å². The number of hydrogen-bond donors (Lipinski definition) is 1. The molecule has 1 saturated carbocycles. The predicted molar refractivity (Wildman–Crippen MR) is 70.8 cm³/mol. The standard InChI is InChI=1S/C12H11ClFN3S/c13-10-6-8(14)2-1-7(10)5-11-16-12(18-17-11)15-9-3-4-9/h1-2,6,9H,3-5H2,(H,15,16,17). The van der Waals surface area contributed by atoms with Crippen molar-refractivity contribution < 1.29 is 4.39 Å². The summed E-state index contributed by atoms with van der Waals surface area (Å²) in [4.78, 5) is 4.39. The van der Waals surface area contributed by atoms with Crippen molar-refractivity contribution in [3.8, 4) is 0 Å². The lowest BCUT2D eigenvalue weighted by atomic mass is 10.1. The number of benzene rings is 1. The van der Waals surface area contributed by atoms with Gasteiger partial charge in [0.05, 0.1) is 0 Å². The molecule has 1 aliphatic carbocycles. The average Bonchev–Trinajstić information content (AvgIpc) is 3.02. The number of nitrogens with zero attached hydrogens (tertiary/aromatic N) is 2. The van der Waals surface area contributed by atoms with Gasteiger partial charge in [-0.2, -0.15) is 4.37 Å². The van der Waals surface area contributed by atoms with Crippen LogP contribution in [0, 0.1) is 5.82 Å². The summed E-state index contributed by atoms with van der Waals surface area (Å²) in [5, 5.41) is 4.57. The highest BCUT2D eigenvalue weighted by molar-refractivity contribution is 7.09. The summed E-state index contributed by atoms with van der Waals surface area (Å²) in [6.07, 6.45) is 2.94. The van der Waals surface area contributed by atoms with Gasteiger partial charge in [-0.05, 0) is 30.5 Å². The molecular formula is C12H11ClFN3S. The highest BCUT2D eigenvalue weighted by Crippen LogP contribution is 2.26. The zero-order valence-electron chi connectivity index (χ0n) is 9.49. The summed E-state index contributed by atoms with van der Waals surface area (Å²) in [5.41, 5.74) is 0.842. The summed E-state index contributed by atoms with van der Waals surface area (Å²) in [6.45, 7) is 0. The summed E-state index contributed by atoms with van der Waals surface area (Å²) >= 11 is 7.33. The van der Waals surface area contributed by atoms with Crippen LogP contribution in [0.1, 0.15) is 24.2 Å². The molecule has 1 aromatic heterocycles. The molecule has 1 aliphatic rings. The number of hydrogen-bond acceptors (Lipinski definition) is 4. The molecule has 0 amide bonds. The van der Waals surface area contributed by atoms with Crippen LogP contribution in [0.4, 0.5) is 9.52 Å². The second kappa shape index (κ2) is 4.82. The maximum Gasteiger partial charge on any atom is 0.202 e. The van der Waals surface area contributed by atoms with Crippen LogP contribution in [0.15, 0.2) is 18.2 Å². The third kappa shape index (κ3) is 2.79. The van der Waals surface area contributed by atoms with Crippen LogP contribution in [-0.2, 0) is 6.42 Å². The van der Waals surface area contributed by atoms with E-state index in [0.717, 1.165) is 16.5 Å². The van der Waals surface area contributed by atoms with Crippen molar-refractivity contribution in [1.29, 1.82) is 0 Å². The molecule has 1 aromatic carbocycles. The minimum atomic E-state index is -0.328. The minimum absolute atomic E-state index is 0.328. The zero-order chi connectivity index (χ0) is 12.5. The molecule has 94 valence electrons. The van der Waals surface area contributed by atoms with Gasteiger partial charge < -0.3 is 5.32 Å². The molecular weight excluding hydrogens is 273 g/mol. The first-order chi connectivity index (χ1) is 8.70. The Morgan fingerprint density at radius 3 is 3.00 bits per heavy atom. The third-order valence-corrected chi connectivity index (χ3v) is 3.77. The fourth-order valence-electron chi connectivity index (χ4n) is 1.62. The van der Waals surface area contributed by atoms with Crippen molar-refractivity contribution in [2.45, 2.75) is 25.3 Å². The maximum absolute atomic E-state index is 12.9. The van der Waals surface area contributed by atoms with E-state index in [1.54, 1.807) is 6.07 Å². The van der Waals surface area contributed by atoms with Gasteiger partial charge in [-0.1, -0.05) is 17.7 Å². The van der Waals surface area contributed by atoms with E-state index in [1.165, 1.54) is 36.5 Å². The molecule has 18 heavy (non-hydrogen) atoms. The molecule has 3 rings (SSSR count). The summed E-state index contributed by atoms with van der Waals surface area (Å²) in [6, 6.07) is 4.95. The van der Waals surface area contributed by atoms with Gasteiger partial charge in [-0.3, -0.25) is 0 Å². The van der Waals surface area contributed by atoms with E-state index in [2.05, 4.69) is 14.7 Å². The molecule has 0 spiro atoms. The first kappa shape index (κ1) is 11.9.